The van der Waals surface area contributed by atoms with Gasteiger partial charge < -0.3 is 0 Å². The first kappa shape index (κ1) is 11.7. The van der Waals surface area contributed by atoms with Crippen LogP contribution in [0.4, 0.5) is 4.39 Å². The van der Waals surface area contributed by atoms with Gasteiger partial charge in [-0.15, -0.1) is 0 Å². The average molecular weight is 244 g/mol. The number of benzene rings is 1. The molecule has 0 radical (unpaired) electrons. The number of halogens is 1. The van der Waals surface area contributed by atoms with E-state index in [4.69, 9.17) is 8.37 Å². The highest BCUT2D eigenvalue weighted by Crippen LogP contribution is 2.23. The number of rotatable bonds is 2. The van der Waals surface area contributed by atoms with Gasteiger partial charge in [-0.3, -0.25) is 8.37 Å². The highest BCUT2D eigenvalue weighted by molar-refractivity contribution is 7.75. The molecule has 1 saturated heterocycles. The molecule has 1 heterocycles. The quantitative estimate of drug-likeness (QED) is 0.799. The van der Waals surface area contributed by atoms with Crippen LogP contribution in [0.25, 0.3) is 0 Å². The van der Waals surface area contributed by atoms with Crippen molar-refractivity contribution in [1.82, 2.24) is 0 Å². The molecule has 0 N–H and O–H groups in total. The summed E-state index contributed by atoms with van der Waals surface area (Å²) in [6, 6.07) is 5.15. The zero-order chi connectivity index (χ0) is 11.5. The molecule has 0 aromatic heterocycles. The summed E-state index contributed by atoms with van der Waals surface area (Å²) in [5.41, 5.74) is 1.52. The molecule has 0 aliphatic carbocycles. The molecule has 1 aliphatic heterocycles. The zero-order valence-electron chi connectivity index (χ0n) is 8.94. The third kappa shape index (κ3) is 2.48. The van der Waals surface area contributed by atoms with Gasteiger partial charge in [0.05, 0.1) is 13.2 Å². The first-order valence-corrected chi connectivity index (χ1v) is 6.17. The van der Waals surface area contributed by atoms with Crippen LogP contribution in [0.5, 0.6) is 0 Å². The van der Waals surface area contributed by atoms with Crippen LogP contribution in [0.15, 0.2) is 18.2 Å². The second kappa shape index (κ2) is 5.03. The van der Waals surface area contributed by atoms with E-state index in [1.807, 2.05) is 13.0 Å². The summed E-state index contributed by atoms with van der Waals surface area (Å²) >= 11 is -1.64. The molecule has 1 aromatic rings. The lowest BCUT2D eigenvalue weighted by Gasteiger charge is -2.21. The Morgan fingerprint density at radius 2 is 2.12 bits per heavy atom. The molecule has 0 unspecified atom stereocenters. The lowest BCUT2D eigenvalue weighted by molar-refractivity contribution is 0.160. The maximum atomic E-state index is 13.5. The van der Waals surface area contributed by atoms with E-state index in [-0.39, 0.29) is 11.7 Å². The minimum Gasteiger partial charge on any atom is -0.268 e. The van der Waals surface area contributed by atoms with E-state index in [0.717, 1.165) is 5.56 Å². The normalized spacial score (nSPS) is 25.6. The van der Waals surface area contributed by atoms with E-state index in [0.29, 0.717) is 25.2 Å². The van der Waals surface area contributed by atoms with Crippen LogP contribution < -0.4 is 0 Å². The van der Waals surface area contributed by atoms with Gasteiger partial charge in [-0.25, -0.2) is 4.39 Å². The summed E-state index contributed by atoms with van der Waals surface area (Å²) in [6.45, 7) is 2.52. The molecule has 1 aliphatic rings. The van der Waals surface area contributed by atoms with Gasteiger partial charge in [0.25, 0.3) is 0 Å². The molecule has 0 atom stereocenters. The predicted molar refractivity (Wildman–Crippen MR) is 58.6 cm³/mol. The molecule has 2 rings (SSSR count). The van der Waals surface area contributed by atoms with Gasteiger partial charge in [0.2, 0.25) is 0 Å². The standard InChI is InChI=1S/C11H13FO3S/c1-2-8-3-4-9(5-11(8)12)10-6-14-16(13)15-7-10/h3-5,10H,2,6-7H2,1H3. The SMILES string of the molecule is CCc1ccc(C2COS(=O)OC2)cc1F. The molecule has 0 amide bonds. The summed E-state index contributed by atoms with van der Waals surface area (Å²) in [4.78, 5) is 0. The molecule has 0 saturated carbocycles. The van der Waals surface area contributed by atoms with Gasteiger partial charge in [-0.2, -0.15) is 4.21 Å². The van der Waals surface area contributed by atoms with E-state index >= 15 is 0 Å². The molecule has 16 heavy (non-hydrogen) atoms. The maximum Gasteiger partial charge on any atom is 0.304 e. The van der Waals surface area contributed by atoms with Crippen molar-refractivity contribution in [3.63, 3.8) is 0 Å². The second-order valence-electron chi connectivity index (χ2n) is 3.67. The molecule has 3 nitrogen and oxygen atoms in total. The van der Waals surface area contributed by atoms with Crippen molar-refractivity contribution in [1.29, 1.82) is 0 Å². The summed E-state index contributed by atoms with van der Waals surface area (Å²) < 4.78 is 34.1. The van der Waals surface area contributed by atoms with Gasteiger partial charge in [-0.1, -0.05) is 19.1 Å². The lowest BCUT2D eigenvalue weighted by atomic mass is 9.98. The molecule has 0 bridgehead atoms. The fourth-order valence-corrected chi connectivity index (χ4v) is 2.27. The Kier molecular flexibility index (Phi) is 3.68. The fourth-order valence-electron chi connectivity index (χ4n) is 1.65. The fraction of sp³-hybridized carbons (Fsp3) is 0.455. The highest BCUT2D eigenvalue weighted by Gasteiger charge is 2.21. The van der Waals surface area contributed by atoms with Crippen molar-refractivity contribution >= 4 is 11.4 Å². The summed E-state index contributed by atoms with van der Waals surface area (Å²) in [5.74, 6) is -0.246. The van der Waals surface area contributed by atoms with E-state index in [1.165, 1.54) is 6.07 Å². The first-order chi connectivity index (χ1) is 7.70. The molecule has 0 spiro atoms. The topological polar surface area (TPSA) is 35.5 Å². The Balaban J connectivity index is 2.15. The Morgan fingerprint density at radius 3 is 2.69 bits per heavy atom. The molecule has 5 heteroatoms. The Morgan fingerprint density at radius 1 is 1.44 bits per heavy atom. The van der Waals surface area contributed by atoms with Crippen LogP contribution in [-0.2, 0) is 26.1 Å². The third-order valence-corrected chi connectivity index (χ3v) is 3.32. The molecule has 1 aromatic carbocycles. The third-order valence-electron chi connectivity index (χ3n) is 2.66. The predicted octanol–water partition coefficient (Wildman–Crippen LogP) is 2.10. The van der Waals surface area contributed by atoms with Crippen LogP contribution in [0, 0.1) is 5.82 Å². The minimum absolute atomic E-state index is 0.0434. The monoisotopic (exact) mass is 244 g/mol. The van der Waals surface area contributed by atoms with Crippen LogP contribution in [0.1, 0.15) is 24.0 Å². The van der Waals surface area contributed by atoms with E-state index in [9.17, 15) is 8.60 Å². The largest absolute Gasteiger partial charge is 0.304 e. The molecular weight excluding hydrogens is 231 g/mol. The van der Waals surface area contributed by atoms with E-state index < -0.39 is 11.4 Å². The van der Waals surface area contributed by atoms with Gasteiger partial charge in [0.15, 0.2) is 0 Å². The highest BCUT2D eigenvalue weighted by atomic mass is 32.2. The second-order valence-corrected chi connectivity index (χ2v) is 4.55. The first-order valence-electron chi connectivity index (χ1n) is 5.17. The van der Waals surface area contributed by atoms with E-state index in [1.54, 1.807) is 6.07 Å². The van der Waals surface area contributed by atoms with Gasteiger partial charge in [-0.05, 0) is 23.6 Å². The Labute approximate surface area is 96.4 Å². The van der Waals surface area contributed by atoms with Crippen LogP contribution in [0.3, 0.4) is 0 Å². The summed E-state index contributed by atoms with van der Waals surface area (Å²) in [5, 5.41) is 0. The van der Waals surface area contributed by atoms with Crippen molar-refractivity contribution < 1.29 is 17.0 Å². The number of aryl methyl sites for hydroxylation is 1. The van der Waals surface area contributed by atoms with Crippen LogP contribution in [-0.4, -0.2) is 17.4 Å². The number of hydrogen-bond acceptors (Lipinski definition) is 3. The average Bonchev–Trinajstić information content (AvgIpc) is 2.30. The minimum atomic E-state index is -1.64. The van der Waals surface area contributed by atoms with E-state index in [2.05, 4.69) is 0 Å². The van der Waals surface area contributed by atoms with Crippen molar-refractivity contribution in [3.05, 3.63) is 35.1 Å². The molecular formula is C11H13FO3S. The van der Waals surface area contributed by atoms with Crippen molar-refractivity contribution in [2.45, 2.75) is 19.3 Å². The smallest absolute Gasteiger partial charge is 0.268 e. The van der Waals surface area contributed by atoms with Gasteiger partial charge >= 0.3 is 11.4 Å². The zero-order valence-corrected chi connectivity index (χ0v) is 9.76. The van der Waals surface area contributed by atoms with Crippen LogP contribution in [0.2, 0.25) is 0 Å². The van der Waals surface area contributed by atoms with Gasteiger partial charge in [0.1, 0.15) is 5.82 Å². The Hall–Kier alpha value is -0.780. The number of hydrogen-bond donors (Lipinski definition) is 0. The molecule has 1 fully saturated rings. The van der Waals surface area contributed by atoms with Crippen molar-refractivity contribution in [3.8, 4) is 0 Å². The van der Waals surface area contributed by atoms with Gasteiger partial charge in [0, 0.05) is 5.92 Å². The summed E-state index contributed by atoms with van der Waals surface area (Å²) in [6.07, 6.45) is 0.674. The van der Waals surface area contributed by atoms with Crippen molar-refractivity contribution in [2.75, 3.05) is 13.2 Å². The maximum absolute atomic E-state index is 13.5. The van der Waals surface area contributed by atoms with Crippen molar-refractivity contribution in [2.24, 2.45) is 0 Å². The molecule has 88 valence electrons. The lowest BCUT2D eigenvalue weighted by Crippen LogP contribution is -2.23. The van der Waals surface area contributed by atoms with Crippen LogP contribution >= 0.6 is 0 Å². The summed E-state index contributed by atoms with van der Waals surface area (Å²) in [7, 11) is 0. The Bertz CT molecular complexity index is 398.